The van der Waals surface area contributed by atoms with E-state index in [9.17, 15) is 10.2 Å². The number of hydrogen-bond acceptors (Lipinski definition) is 2. The van der Waals surface area contributed by atoms with Gasteiger partial charge in [-0.3, -0.25) is 0 Å². The lowest BCUT2D eigenvalue weighted by atomic mass is 9.68. The molecule has 0 bridgehead atoms. The van der Waals surface area contributed by atoms with Gasteiger partial charge >= 0.3 is 0 Å². The van der Waals surface area contributed by atoms with E-state index in [1.807, 2.05) is 6.92 Å². The van der Waals surface area contributed by atoms with Crippen molar-refractivity contribution in [1.82, 2.24) is 0 Å². The fraction of sp³-hybridized carbons (Fsp3) is 0.800. The van der Waals surface area contributed by atoms with E-state index in [2.05, 4.69) is 39.8 Å². The highest BCUT2D eigenvalue weighted by Gasteiger charge is 2.53. The third-order valence-corrected chi connectivity index (χ3v) is 6.47. The van der Waals surface area contributed by atoms with Crippen LogP contribution >= 0.6 is 0 Å². The molecule has 0 aromatic heterocycles. The fourth-order valence-electron chi connectivity index (χ4n) is 4.40. The van der Waals surface area contributed by atoms with Gasteiger partial charge in [-0.15, -0.1) is 0 Å². The molecule has 0 aromatic carbocycles. The molecule has 2 N–H and O–H groups in total. The molecule has 2 aliphatic rings. The van der Waals surface area contributed by atoms with E-state index in [1.165, 1.54) is 5.57 Å². The summed E-state index contributed by atoms with van der Waals surface area (Å²) in [4.78, 5) is 0. The molecule has 0 heterocycles. The Morgan fingerprint density at radius 3 is 2.50 bits per heavy atom. The van der Waals surface area contributed by atoms with Crippen LogP contribution in [0.2, 0.25) is 0 Å². The Morgan fingerprint density at radius 2 is 1.86 bits per heavy atom. The maximum atomic E-state index is 11.3. The molecule has 2 nitrogen and oxygen atoms in total. The van der Waals surface area contributed by atoms with Crippen LogP contribution in [0.1, 0.15) is 73.1 Å². The SMILES string of the molecule is C/C1=C\C[C@@]2(C)CC[C@@](O)(C(C)C)[C@@H]2C/C=C(\C)[C@@H](O)CC1. The van der Waals surface area contributed by atoms with E-state index in [-0.39, 0.29) is 23.4 Å². The first-order valence-corrected chi connectivity index (χ1v) is 8.92. The monoisotopic (exact) mass is 306 g/mol. The summed E-state index contributed by atoms with van der Waals surface area (Å²) in [6.07, 6.45) is 9.87. The Kier molecular flexibility index (Phi) is 5.23. The summed E-state index contributed by atoms with van der Waals surface area (Å²) in [5.41, 5.74) is 2.02. The minimum Gasteiger partial charge on any atom is -0.389 e. The van der Waals surface area contributed by atoms with Crippen LogP contribution < -0.4 is 0 Å². The van der Waals surface area contributed by atoms with Gasteiger partial charge in [0.15, 0.2) is 0 Å². The molecule has 0 radical (unpaired) electrons. The zero-order valence-electron chi connectivity index (χ0n) is 15.0. The van der Waals surface area contributed by atoms with Crippen molar-refractivity contribution in [3.8, 4) is 0 Å². The molecule has 126 valence electrons. The summed E-state index contributed by atoms with van der Waals surface area (Å²) < 4.78 is 0. The normalized spacial score (nSPS) is 45.5. The molecule has 0 spiro atoms. The van der Waals surface area contributed by atoms with Gasteiger partial charge in [0, 0.05) is 0 Å². The van der Waals surface area contributed by atoms with E-state index < -0.39 is 5.60 Å². The summed E-state index contributed by atoms with van der Waals surface area (Å²) in [5, 5.41) is 21.6. The molecule has 1 saturated carbocycles. The predicted octanol–water partition coefficient (Wildman–Crippen LogP) is 4.62. The van der Waals surface area contributed by atoms with E-state index in [4.69, 9.17) is 0 Å². The Morgan fingerprint density at radius 1 is 1.18 bits per heavy atom. The van der Waals surface area contributed by atoms with Gasteiger partial charge in [0.2, 0.25) is 0 Å². The first kappa shape index (κ1) is 17.7. The van der Waals surface area contributed by atoms with Crippen LogP contribution in [0.15, 0.2) is 23.3 Å². The molecule has 0 aliphatic heterocycles. The zero-order chi connectivity index (χ0) is 16.5. The minimum absolute atomic E-state index is 0.159. The van der Waals surface area contributed by atoms with Gasteiger partial charge in [0.1, 0.15) is 0 Å². The van der Waals surface area contributed by atoms with E-state index >= 15 is 0 Å². The van der Waals surface area contributed by atoms with Gasteiger partial charge < -0.3 is 10.2 Å². The Balaban J connectivity index is 2.39. The molecular weight excluding hydrogens is 272 g/mol. The third-order valence-electron chi connectivity index (χ3n) is 6.47. The van der Waals surface area contributed by atoms with Crippen LogP contribution in [0.5, 0.6) is 0 Å². The van der Waals surface area contributed by atoms with Gasteiger partial charge in [0.25, 0.3) is 0 Å². The molecule has 4 atom stereocenters. The molecular formula is C20H34O2. The van der Waals surface area contributed by atoms with Crippen LogP contribution in [-0.4, -0.2) is 21.9 Å². The van der Waals surface area contributed by atoms with Crippen molar-refractivity contribution in [3.63, 3.8) is 0 Å². The molecule has 2 aliphatic carbocycles. The van der Waals surface area contributed by atoms with Crippen LogP contribution in [0.4, 0.5) is 0 Å². The number of aliphatic hydroxyl groups excluding tert-OH is 1. The maximum Gasteiger partial charge on any atom is 0.0750 e. The van der Waals surface area contributed by atoms with E-state index in [0.717, 1.165) is 44.1 Å². The topological polar surface area (TPSA) is 40.5 Å². The Labute approximate surface area is 136 Å². The first-order valence-electron chi connectivity index (χ1n) is 8.92. The largest absolute Gasteiger partial charge is 0.389 e. The van der Waals surface area contributed by atoms with Crippen molar-refractivity contribution in [1.29, 1.82) is 0 Å². The number of fused-ring (bicyclic) bond motifs is 1. The molecule has 2 rings (SSSR count). The highest BCUT2D eigenvalue weighted by molar-refractivity contribution is 5.15. The standard InChI is InChI=1S/C20H34O2/c1-14(2)20(22)13-12-19(5)11-10-15(3)6-8-17(21)16(4)7-9-18(19)20/h7,10,14,17-18,21-22H,6,8-9,11-13H2,1-5H3/b15-10+,16-7+/t17-,18+,19-,20+/m0/s1. The maximum absolute atomic E-state index is 11.3. The van der Waals surface area contributed by atoms with Gasteiger partial charge in [-0.25, -0.2) is 0 Å². The summed E-state index contributed by atoms with van der Waals surface area (Å²) in [6, 6.07) is 0. The second-order valence-electron chi connectivity index (χ2n) is 8.35. The van der Waals surface area contributed by atoms with Crippen molar-refractivity contribution in [3.05, 3.63) is 23.3 Å². The summed E-state index contributed by atoms with van der Waals surface area (Å²) >= 11 is 0. The van der Waals surface area contributed by atoms with Crippen LogP contribution in [-0.2, 0) is 0 Å². The Hall–Kier alpha value is -0.600. The van der Waals surface area contributed by atoms with Crippen molar-refractivity contribution >= 4 is 0 Å². The average Bonchev–Trinajstić information content (AvgIpc) is 2.72. The smallest absolute Gasteiger partial charge is 0.0750 e. The molecule has 1 fully saturated rings. The first-order chi connectivity index (χ1) is 10.2. The average molecular weight is 306 g/mol. The summed E-state index contributed by atoms with van der Waals surface area (Å²) in [5.74, 6) is 0.539. The number of rotatable bonds is 1. The van der Waals surface area contributed by atoms with E-state index in [1.54, 1.807) is 0 Å². The van der Waals surface area contributed by atoms with Gasteiger partial charge in [0.05, 0.1) is 11.7 Å². The number of hydrogen-bond donors (Lipinski definition) is 2. The number of aliphatic hydroxyl groups is 2. The second kappa shape index (κ2) is 6.49. The van der Waals surface area contributed by atoms with Crippen molar-refractivity contribution in [2.75, 3.05) is 0 Å². The lowest BCUT2D eigenvalue weighted by molar-refractivity contribution is -0.0599. The zero-order valence-corrected chi connectivity index (χ0v) is 15.0. The van der Waals surface area contributed by atoms with Crippen molar-refractivity contribution in [2.45, 2.75) is 84.8 Å². The summed E-state index contributed by atoms with van der Waals surface area (Å²) in [6.45, 7) is 10.8. The highest BCUT2D eigenvalue weighted by atomic mass is 16.3. The van der Waals surface area contributed by atoms with Crippen LogP contribution in [0.3, 0.4) is 0 Å². The van der Waals surface area contributed by atoms with Gasteiger partial charge in [-0.05, 0) is 75.2 Å². The van der Waals surface area contributed by atoms with Gasteiger partial charge in [-0.1, -0.05) is 38.5 Å². The minimum atomic E-state index is -0.577. The van der Waals surface area contributed by atoms with Crippen LogP contribution in [0.25, 0.3) is 0 Å². The second-order valence-corrected chi connectivity index (χ2v) is 8.35. The van der Waals surface area contributed by atoms with Crippen LogP contribution in [0, 0.1) is 17.3 Å². The Bertz CT molecular complexity index is 462. The molecule has 0 saturated heterocycles. The number of allylic oxidation sites excluding steroid dienone is 3. The van der Waals surface area contributed by atoms with E-state index in [0.29, 0.717) is 0 Å². The fourth-order valence-corrected chi connectivity index (χ4v) is 4.40. The van der Waals surface area contributed by atoms with Gasteiger partial charge in [-0.2, -0.15) is 0 Å². The molecule has 0 amide bonds. The highest BCUT2D eigenvalue weighted by Crippen LogP contribution is 2.56. The lowest BCUT2D eigenvalue weighted by Gasteiger charge is -2.40. The van der Waals surface area contributed by atoms with Crippen molar-refractivity contribution in [2.24, 2.45) is 17.3 Å². The predicted molar refractivity (Wildman–Crippen MR) is 92.6 cm³/mol. The van der Waals surface area contributed by atoms with Crippen molar-refractivity contribution < 1.29 is 10.2 Å². The molecule has 0 aromatic rings. The lowest BCUT2D eigenvalue weighted by Crippen LogP contribution is -2.43. The quantitative estimate of drug-likeness (QED) is 0.694. The molecule has 22 heavy (non-hydrogen) atoms. The molecule has 2 heteroatoms. The third kappa shape index (κ3) is 3.33. The summed E-state index contributed by atoms with van der Waals surface area (Å²) in [7, 11) is 0. The molecule has 0 unspecified atom stereocenters.